The highest BCUT2D eigenvalue weighted by atomic mass is 32.2. The molecule has 2 heterocycles. The Labute approximate surface area is 221 Å². The Morgan fingerprint density at radius 3 is 2.19 bits per heavy atom. The molecule has 0 aromatic heterocycles. The first kappa shape index (κ1) is 31.9. The molecule has 0 aromatic carbocycles. The molecule has 214 valence electrons. The Hall–Kier alpha value is -1.34. The van der Waals surface area contributed by atoms with Crippen LogP contribution in [0.15, 0.2) is 17.6 Å². The van der Waals surface area contributed by atoms with Gasteiger partial charge in [-0.25, -0.2) is 4.79 Å². The van der Waals surface area contributed by atoms with Crippen LogP contribution in [-0.2, 0) is 18.9 Å². The minimum atomic E-state index is -4.98. The first-order chi connectivity index (χ1) is 17.2. The van der Waals surface area contributed by atoms with Gasteiger partial charge in [-0.1, -0.05) is 44.5 Å². The van der Waals surface area contributed by atoms with Crippen LogP contribution in [0.5, 0.6) is 0 Å². The molecule has 0 saturated carbocycles. The van der Waals surface area contributed by atoms with Gasteiger partial charge in [-0.3, -0.25) is 9.89 Å². The SMILES string of the molecule is C=CCN(C(=O)OC(C)(C)C)C1=N[C@@H]2[C@@H](OCCCC)[C@H](OCCCC)[C@@H](C(C)(O)C(F)(F)F)O[C@@H]2S1. The Kier molecular flexibility index (Phi) is 11.3. The van der Waals surface area contributed by atoms with Crippen molar-refractivity contribution in [2.45, 2.75) is 114 Å². The van der Waals surface area contributed by atoms with Crippen molar-refractivity contribution in [1.82, 2.24) is 4.90 Å². The van der Waals surface area contributed by atoms with Gasteiger partial charge in [0, 0.05) is 19.8 Å². The molecule has 37 heavy (non-hydrogen) atoms. The fourth-order valence-corrected chi connectivity index (χ4v) is 5.04. The van der Waals surface area contributed by atoms with Gasteiger partial charge in [-0.05, 0) is 40.5 Å². The van der Waals surface area contributed by atoms with Crippen molar-refractivity contribution < 1.29 is 42.0 Å². The number of alkyl halides is 3. The molecule has 12 heteroatoms. The lowest BCUT2D eigenvalue weighted by Crippen LogP contribution is -2.67. The first-order valence-electron chi connectivity index (χ1n) is 12.7. The minimum absolute atomic E-state index is 0.0711. The molecule has 1 unspecified atom stereocenters. The molecule has 8 nitrogen and oxygen atoms in total. The lowest BCUT2D eigenvalue weighted by atomic mass is 9.86. The number of halogens is 3. The smallest absolute Gasteiger partial charge is 0.419 e. The predicted molar refractivity (Wildman–Crippen MR) is 137 cm³/mol. The predicted octanol–water partition coefficient (Wildman–Crippen LogP) is 5.29. The van der Waals surface area contributed by atoms with Crippen LogP contribution in [0.2, 0.25) is 0 Å². The molecule has 0 aromatic rings. The Morgan fingerprint density at radius 2 is 1.70 bits per heavy atom. The quantitative estimate of drug-likeness (QED) is 0.274. The number of ether oxygens (including phenoxy) is 4. The maximum atomic E-state index is 14.0. The number of hydrogen-bond acceptors (Lipinski definition) is 8. The van der Waals surface area contributed by atoms with Crippen LogP contribution in [0.1, 0.15) is 67.2 Å². The third-order valence-corrected chi connectivity index (χ3v) is 7.06. The minimum Gasteiger partial charge on any atom is -0.443 e. The number of carbonyl (C=O) groups excluding carboxylic acids is 1. The Morgan fingerprint density at radius 1 is 1.14 bits per heavy atom. The second-order valence-corrected chi connectivity index (χ2v) is 11.4. The fraction of sp³-hybridized carbons (Fsp3) is 0.840. The molecule has 0 aliphatic carbocycles. The van der Waals surface area contributed by atoms with Gasteiger partial charge in [0.2, 0.25) is 0 Å². The number of carbonyl (C=O) groups is 1. The third kappa shape index (κ3) is 8.08. The van der Waals surface area contributed by atoms with Crippen LogP contribution in [-0.4, -0.2) is 88.2 Å². The lowest BCUT2D eigenvalue weighted by Gasteiger charge is -2.47. The zero-order chi connectivity index (χ0) is 28.0. The second-order valence-electron chi connectivity index (χ2n) is 10.3. The van der Waals surface area contributed by atoms with Crippen molar-refractivity contribution in [1.29, 1.82) is 0 Å². The molecule has 1 amide bonds. The van der Waals surface area contributed by atoms with Gasteiger partial charge < -0.3 is 24.1 Å². The number of hydrogen-bond donors (Lipinski definition) is 1. The van der Waals surface area contributed by atoms with E-state index >= 15 is 0 Å². The largest absolute Gasteiger partial charge is 0.443 e. The van der Waals surface area contributed by atoms with Crippen LogP contribution in [0.4, 0.5) is 18.0 Å². The first-order valence-corrected chi connectivity index (χ1v) is 13.6. The number of nitrogens with zero attached hydrogens (tertiary/aromatic N) is 2. The van der Waals surface area contributed by atoms with E-state index in [0.717, 1.165) is 24.6 Å². The molecule has 0 radical (unpaired) electrons. The van der Waals surface area contributed by atoms with Gasteiger partial charge in [0.25, 0.3) is 0 Å². The van der Waals surface area contributed by atoms with Crippen LogP contribution in [0.25, 0.3) is 0 Å². The summed E-state index contributed by atoms with van der Waals surface area (Å²) in [6.45, 7) is 14.0. The number of amidine groups is 1. The van der Waals surface area contributed by atoms with Crippen molar-refractivity contribution in [3.8, 4) is 0 Å². The van der Waals surface area contributed by atoms with E-state index in [-0.39, 0.29) is 24.9 Å². The summed E-state index contributed by atoms with van der Waals surface area (Å²) >= 11 is 0.992. The van der Waals surface area contributed by atoms with Crippen molar-refractivity contribution in [3.05, 3.63) is 12.7 Å². The number of aliphatic hydroxyl groups is 1. The van der Waals surface area contributed by atoms with E-state index < -0.39 is 53.3 Å². The molecule has 1 fully saturated rings. The zero-order valence-electron chi connectivity index (χ0n) is 22.5. The van der Waals surface area contributed by atoms with Crippen molar-refractivity contribution in [3.63, 3.8) is 0 Å². The van der Waals surface area contributed by atoms with Crippen molar-refractivity contribution >= 4 is 23.0 Å². The fourth-order valence-electron chi connectivity index (χ4n) is 3.84. The van der Waals surface area contributed by atoms with E-state index in [1.165, 1.54) is 11.0 Å². The summed E-state index contributed by atoms with van der Waals surface area (Å²) < 4.78 is 65.3. The Bertz CT molecular complexity index is 802. The average Bonchev–Trinajstić information content (AvgIpc) is 3.19. The van der Waals surface area contributed by atoms with Crippen LogP contribution >= 0.6 is 11.8 Å². The molecule has 1 saturated heterocycles. The number of amides is 1. The third-order valence-electron chi connectivity index (χ3n) is 5.90. The molecular weight excluding hydrogens is 513 g/mol. The van der Waals surface area contributed by atoms with Crippen LogP contribution < -0.4 is 0 Å². The van der Waals surface area contributed by atoms with Crippen LogP contribution in [0, 0.1) is 0 Å². The summed E-state index contributed by atoms with van der Waals surface area (Å²) in [5, 5.41) is 10.9. The summed E-state index contributed by atoms with van der Waals surface area (Å²) in [5.41, 5.74) is -4.93. The molecule has 1 N–H and O–H groups in total. The summed E-state index contributed by atoms with van der Waals surface area (Å²) in [5.74, 6) is 0. The van der Waals surface area contributed by atoms with Gasteiger partial charge in [0.05, 0.1) is 0 Å². The molecule has 6 atom stereocenters. The van der Waals surface area contributed by atoms with Crippen molar-refractivity contribution in [2.75, 3.05) is 19.8 Å². The van der Waals surface area contributed by atoms with E-state index in [1.54, 1.807) is 20.8 Å². The number of thioether (sulfide) groups is 1. The van der Waals surface area contributed by atoms with Gasteiger partial charge in [0.15, 0.2) is 10.8 Å². The highest BCUT2D eigenvalue weighted by molar-refractivity contribution is 8.14. The zero-order valence-corrected chi connectivity index (χ0v) is 23.4. The van der Waals surface area contributed by atoms with E-state index in [0.29, 0.717) is 19.8 Å². The number of fused-ring (bicyclic) bond motifs is 1. The number of rotatable bonds is 11. The molecular formula is C25H41F3N2O6S. The maximum absolute atomic E-state index is 14.0. The average molecular weight is 555 g/mol. The van der Waals surface area contributed by atoms with E-state index in [1.807, 2.05) is 13.8 Å². The second kappa shape index (κ2) is 13.1. The van der Waals surface area contributed by atoms with Crippen LogP contribution in [0.3, 0.4) is 0 Å². The van der Waals surface area contributed by atoms with Gasteiger partial charge in [-0.2, -0.15) is 13.2 Å². The summed E-state index contributed by atoms with van der Waals surface area (Å²) in [4.78, 5) is 18.8. The Balaban J connectivity index is 2.48. The van der Waals surface area contributed by atoms with Gasteiger partial charge in [-0.15, -0.1) is 6.58 Å². The van der Waals surface area contributed by atoms with E-state index in [2.05, 4.69) is 11.6 Å². The lowest BCUT2D eigenvalue weighted by molar-refractivity contribution is -0.323. The normalized spacial score (nSPS) is 27.7. The van der Waals surface area contributed by atoms with Gasteiger partial charge >= 0.3 is 12.3 Å². The molecule has 0 bridgehead atoms. The topological polar surface area (TPSA) is 89.8 Å². The number of aliphatic imine (C=N–C) groups is 1. The maximum Gasteiger partial charge on any atom is 0.419 e. The summed E-state index contributed by atoms with van der Waals surface area (Å²) in [6, 6.07) is -0.765. The molecule has 0 spiro atoms. The summed E-state index contributed by atoms with van der Waals surface area (Å²) in [6.07, 6.45) is -5.22. The monoisotopic (exact) mass is 554 g/mol. The highest BCUT2D eigenvalue weighted by Gasteiger charge is 2.64. The summed E-state index contributed by atoms with van der Waals surface area (Å²) in [7, 11) is 0. The standard InChI is InChI=1S/C25H41F3N2O6S/c1-8-11-14-33-17-16-20(37-21(29-16)30(13-10-3)22(31)36-23(4,5)6)35-19(18(17)34-15-12-9-2)24(7,32)25(26,27)28/h10,16-20,32H,3,8-9,11-15H2,1-2,4-7H3/t16-,17-,18+,19+,20-,24?/m1/s1. The van der Waals surface area contributed by atoms with Crippen molar-refractivity contribution in [2.24, 2.45) is 4.99 Å². The molecule has 2 aliphatic rings. The molecule has 2 aliphatic heterocycles. The van der Waals surface area contributed by atoms with E-state index in [9.17, 15) is 23.1 Å². The highest BCUT2D eigenvalue weighted by Crippen LogP contribution is 2.46. The van der Waals surface area contributed by atoms with E-state index in [4.69, 9.17) is 18.9 Å². The number of unbranched alkanes of at least 4 members (excludes halogenated alkanes) is 2. The van der Waals surface area contributed by atoms with Gasteiger partial charge in [0.1, 0.15) is 35.4 Å². The molecule has 2 rings (SSSR count).